The Hall–Kier alpha value is -1.82. The van der Waals surface area contributed by atoms with E-state index in [1.54, 1.807) is 0 Å². The molecule has 0 amide bonds. The fourth-order valence-electron chi connectivity index (χ4n) is 3.81. The zero-order valence-electron chi connectivity index (χ0n) is 14.1. The molecule has 2 saturated heterocycles. The maximum absolute atomic E-state index is 6.19. The number of hydrogen-bond donors (Lipinski definition) is 0. The van der Waals surface area contributed by atoms with Crippen LogP contribution in [-0.4, -0.2) is 61.2 Å². The Kier molecular flexibility index (Phi) is 4.83. The Balaban J connectivity index is 1.32. The van der Waals surface area contributed by atoms with Crippen LogP contribution in [0.15, 0.2) is 29.6 Å². The number of hydrogen-bond acceptors (Lipinski definition) is 6. The summed E-state index contributed by atoms with van der Waals surface area (Å²) in [5.74, 6) is 2.11. The minimum Gasteiger partial charge on any atom is -0.470 e. The lowest BCUT2D eigenvalue weighted by Gasteiger charge is -2.32. The van der Waals surface area contributed by atoms with Gasteiger partial charge in [0.25, 0.3) is 0 Å². The first kappa shape index (κ1) is 15.7. The molecule has 0 N–H and O–H groups in total. The summed E-state index contributed by atoms with van der Waals surface area (Å²) in [5.41, 5.74) is 0. The quantitative estimate of drug-likeness (QED) is 0.846. The lowest BCUT2D eigenvalue weighted by atomic mass is 10.1. The van der Waals surface area contributed by atoms with E-state index >= 15 is 0 Å². The predicted molar refractivity (Wildman–Crippen MR) is 93.1 cm³/mol. The average Bonchev–Trinajstić information content (AvgIpc) is 3.14. The lowest BCUT2D eigenvalue weighted by molar-refractivity contribution is -0.0146. The zero-order chi connectivity index (χ0) is 16.2. The van der Waals surface area contributed by atoms with Gasteiger partial charge >= 0.3 is 0 Å². The number of anilines is 1. The molecule has 2 atom stereocenters. The number of rotatable bonds is 4. The highest BCUT2D eigenvalue weighted by molar-refractivity contribution is 5.80. The van der Waals surface area contributed by atoms with Gasteiger partial charge in [0.15, 0.2) is 6.61 Å². The zero-order valence-corrected chi connectivity index (χ0v) is 14.1. The van der Waals surface area contributed by atoms with Gasteiger partial charge in [0, 0.05) is 25.8 Å². The lowest BCUT2D eigenvalue weighted by Crippen LogP contribution is -2.43. The third-order valence-electron chi connectivity index (χ3n) is 5.12. The van der Waals surface area contributed by atoms with E-state index in [-0.39, 0.29) is 6.10 Å². The van der Waals surface area contributed by atoms with Crippen molar-refractivity contribution in [2.75, 3.05) is 44.2 Å². The van der Waals surface area contributed by atoms with Crippen molar-refractivity contribution < 1.29 is 9.57 Å². The van der Waals surface area contributed by atoms with E-state index in [4.69, 9.17) is 9.57 Å². The minimum absolute atomic E-state index is 0.111. The Morgan fingerprint density at radius 3 is 2.88 bits per heavy atom. The topological polar surface area (TPSA) is 50.2 Å². The maximum Gasteiger partial charge on any atom is 0.231 e. The van der Waals surface area contributed by atoms with Crippen LogP contribution in [0, 0.1) is 5.92 Å². The second-order valence-electron chi connectivity index (χ2n) is 6.95. The van der Waals surface area contributed by atoms with E-state index in [0.717, 1.165) is 37.8 Å². The number of likely N-dealkylation sites (tertiary alicyclic amines) is 1. The Bertz CT molecular complexity index is 559. The molecule has 6 nitrogen and oxygen atoms in total. The van der Waals surface area contributed by atoms with Crippen molar-refractivity contribution in [1.29, 1.82) is 0 Å². The van der Waals surface area contributed by atoms with E-state index in [9.17, 15) is 0 Å². The number of oxime groups is 1. The number of ether oxygens (including phenoxy) is 1. The predicted octanol–water partition coefficient (Wildman–Crippen LogP) is 2.12. The van der Waals surface area contributed by atoms with Gasteiger partial charge < -0.3 is 14.5 Å². The molecule has 0 saturated carbocycles. The molecular weight excluding hydrogens is 304 g/mol. The fourth-order valence-corrected chi connectivity index (χ4v) is 3.81. The molecule has 3 aliphatic rings. The summed E-state index contributed by atoms with van der Waals surface area (Å²) in [5, 5.41) is 4.21. The summed E-state index contributed by atoms with van der Waals surface area (Å²) in [6.07, 6.45) is 6.95. The van der Waals surface area contributed by atoms with Crippen LogP contribution >= 0.6 is 0 Å². The van der Waals surface area contributed by atoms with Crippen molar-refractivity contribution in [3.63, 3.8) is 0 Å². The van der Waals surface area contributed by atoms with Crippen molar-refractivity contribution in [2.24, 2.45) is 11.1 Å². The molecule has 1 aromatic heterocycles. The largest absolute Gasteiger partial charge is 0.470 e. The molecule has 6 heteroatoms. The van der Waals surface area contributed by atoms with E-state index in [2.05, 4.69) is 26.0 Å². The van der Waals surface area contributed by atoms with Gasteiger partial charge in [-0.15, -0.1) is 0 Å². The van der Waals surface area contributed by atoms with Gasteiger partial charge in [0.2, 0.25) is 5.90 Å². The van der Waals surface area contributed by atoms with Gasteiger partial charge in [-0.1, -0.05) is 17.6 Å². The first-order valence-electron chi connectivity index (χ1n) is 9.13. The molecule has 2 fully saturated rings. The van der Waals surface area contributed by atoms with Crippen LogP contribution in [0.4, 0.5) is 5.82 Å². The SMILES string of the molecule is c1ccc(N2CCC(C3=NOCC(CN4CCCCC4)O3)C2)nc1. The van der Waals surface area contributed by atoms with Crippen molar-refractivity contribution in [3.8, 4) is 0 Å². The van der Waals surface area contributed by atoms with Gasteiger partial charge in [-0.25, -0.2) is 4.98 Å². The number of nitrogens with zero attached hydrogens (tertiary/aromatic N) is 4. The summed E-state index contributed by atoms with van der Waals surface area (Å²) in [7, 11) is 0. The van der Waals surface area contributed by atoms with Gasteiger partial charge in [0.05, 0.1) is 5.92 Å². The molecule has 0 radical (unpaired) electrons. The molecule has 24 heavy (non-hydrogen) atoms. The number of piperidine rings is 1. The molecule has 0 bridgehead atoms. The Morgan fingerprint density at radius 1 is 1.12 bits per heavy atom. The highest BCUT2D eigenvalue weighted by Gasteiger charge is 2.33. The molecule has 0 aliphatic carbocycles. The van der Waals surface area contributed by atoms with Crippen LogP contribution in [0.3, 0.4) is 0 Å². The van der Waals surface area contributed by atoms with E-state index in [0.29, 0.717) is 12.5 Å². The van der Waals surface area contributed by atoms with E-state index in [1.165, 1.54) is 32.4 Å². The van der Waals surface area contributed by atoms with Crippen LogP contribution < -0.4 is 4.90 Å². The molecular formula is C18H26N4O2. The first-order chi connectivity index (χ1) is 11.9. The standard InChI is InChI=1S/C18H26N4O2/c1-4-9-21(10-5-1)13-16-14-23-20-18(24-16)15-7-11-22(12-15)17-6-2-3-8-19-17/h2-3,6,8,15-16H,1,4-5,7,9-14H2. The Labute approximate surface area is 143 Å². The number of aromatic nitrogens is 1. The van der Waals surface area contributed by atoms with Crippen molar-refractivity contribution >= 4 is 11.7 Å². The highest BCUT2D eigenvalue weighted by Crippen LogP contribution is 2.25. The highest BCUT2D eigenvalue weighted by atomic mass is 16.7. The van der Waals surface area contributed by atoms with Gasteiger partial charge in [0.1, 0.15) is 11.9 Å². The summed E-state index contributed by atoms with van der Waals surface area (Å²) >= 11 is 0. The van der Waals surface area contributed by atoms with Gasteiger partial charge in [-0.05, 0) is 44.5 Å². The van der Waals surface area contributed by atoms with Crippen LogP contribution in [0.2, 0.25) is 0 Å². The van der Waals surface area contributed by atoms with Crippen molar-refractivity contribution in [2.45, 2.75) is 31.8 Å². The van der Waals surface area contributed by atoms with Gasteiger partial charge in [-0.2, -0.15) is 0 Å². The van der Waals surface area contributed by atoms with E-state index < -0.39 is 0 Å². The summed E-state index contributed by atoms with van der Waals surface area (Å²) in [6.45, 7) is 5.77. The Morgan fingerprint density at radius 2 is 2.04 bits per heavy atom. The maximum atomic E-state index is 6.19. The summed E-state index contributed by atoms with van der Waals surface area (Å²) < 4.78 is 6.19. The molecule has 3 aliphatic heterocycles. The van der Waals surface area contributed by atoms with Crippen molar-refractivity contribution in [1.82, 2.24) is 9.88 Å². The third-order valence-corrected chi connectivity index (χ3v) is 5.12. The van der Waals surface area contributed by atoms with Crippen LogP contribution in [0.5, 0.6) is 0 Å². The molecule has 2 unspecified atom stereocenters. The summed E-state index contributed by atoms with van der Waals surface area (Å²) in [6, 6.07) is 6.04. The fraction of sp³-hybridized carbons (Fsp3) is 0.667. The normalized spacial score (nSPS) is 28.2. The molecule has 1 aromatic rings. The summed E-state index contributed by atoms with van der Waals surface area (Å²) in [4.78, 5) is 14.7. The molecule has 4 heterocycles. The van der Waals surface area contributed by atoms with E-state index in [1.807, 2.05) is 18.3 Å². The van der Waals surface area contributed by atoms with Crippen LogP contribution in [-0.2, 0) is 9.57 Å². The van der Waals surface area contributed by atoms with Crippen LogP contribution in [0.25, 0.3) is 0 Å². The average molecular weight is 330 g/mol. The molecule has 0 spiro atoms. The minimum atomic E-state index is 0.111. The van der Waals surface area contributed by atoms with Crippen molar-refractivity contribution in [3.05, 3.63) is 24.4 Å². The third kappa shape index (κ3) is 3.64. The van der Waals surface area contributed by atoms with Gasteiger partial charge in [-0.3, -0.25) is 4.90 Å². The molecule has 4 rings (SSSR count). The molecule has 130 valence electrons. The molecule has 0 aromatic carbocycles. The second-order valence-corrected chi connectivity index (χ2v) is 6.95. The monoisotopic (exact) mass is 330 g/mol. The smallest absolute Gasteiger partial charge is 0.231 e. The number of pyridine rings is 1. The first-order valence-corrected chi connectivity index (χ1v) is 9.13. The van der Waals surface area contributed by atoms with Crippen LogP contribution in [0.1, 0.15) is 25.7 Å². The second kappa shape index (κ2) is 7.38.